The number of carbonyl (C=O) groups excluding carboxylic acids is 1. The molecule has 0 unspecified atom stereocenters. The molecule has 11 nitrogen and oxygen atoms in total. The molecule has 0 fully saturated rings. The number of hydrogen-bond acceptors (Lipinski definition) is 10. The Morgan fingerprint density at radius 1 is 1.16 bits per heavy atom. The lowest BCUT2D eigenvalue weighted by molar-refractivity contribution is 0.0263. The van der Waals surface area contributed by atoms with Gasteiger partial charge in [0.2, 0.25) is 5.95 Å². The molecule has 0 saturated heterocycles. The molecule has 1 atom stereocenters. The standard InChI is InChI=1S/C31H37N7O4Si/c1-5-27-35-29(42-37-27)25-18-32-31(36-28(25)34-26(19-39)21-9-7-6-8-10-21)33-23-11-12-24-22(17-23)13-14-38(30(24)40)20-41-15-16-43(2,3)4/h5-12,17-18,26,39H,1,13-16,19-20H2,2-4H3,(H2,32,33,34,36)/t26-/m1/s1. The number of rotatable bonds is 13. The van der Waals surface area contributed by atoms with E-state index in [-0.39, 0.29) is 18.4 Å². The molecule has 1 aliphatic heterocycles. The largest absolute Gasteiger partial charge is 0.394 e. The molecule has 0 aliphatic carbocycles. The number of aromatic nitrogens is 4. The SMILES string of the molecule is C=Cc1noc(-c2cnc(Nc3ccc4c(c3)CCN(COCC[Si](C)(C)C)C4=O)nc2N[C@H](CO)c2ccccc2)n1. The first-order valence-corrected chi connectivity index (χ1v) is 18.0. The molecule has 4 aromatic rings. The maximum atomic E-state index is 13.1. The van der Waals surface area contributed by atoms with Crippen molar-refractivity contribution in [1.82, 2.24) is 25.0 Å². The van der Waals surface area contributed by atoms with E-state index in [1.165, 1.54) is 6.08 Å². The zero-order valence-corrected chi connectivity index (χ0v) is 25.7. The first-order chi connectivity index (χ1) is 20.7. The van der Waals surface area contributed by atoms with Crippen molar-refractivity contribution in [1.29, 1.82) is 0 Å². The molecule has 3 N–H and O–H groups in total. The molecule has 2 aromatic heterocycles. The Morgan fingerprint density at radius 2 is 1.98 bits per heavy atom. The van der Waals surface area contributed by atoms with Crippen LogP contribution in [0.3, 0.4) is 0 Å². The second-order valence-corrected chi connectivity index (χ2v) is 17.2. The number of nitrogens with zero attached hydrogens (tertiary/aromatic N) is 5. The lowest BCUT2D eigenvalue weighted by atomic mass is 9.98. The predicted octanol–water partition coefficient (Wildman–Crippen LogP) is 5.37. The fourth-order valence-corrected chi connectivity index (χ4v) is 5.40. The van der Waals surface area contributed by atoms with E-state index >= 15 is 0 Å². The smallest absolute Gasteiger partial charge is 0.263 e. The van der Waals surface area contributed by atoms with E-state index in [1.807, 2.05) is 48.5 Å². The summed E-state index contributed by atoms with van der Waals surface area (Å²) in [4.78, 5) is 28.4. The summed E-state index contributed by atoms with van der Waals surface area (Å²) in [6.45, 7) is 12.0. The second-order valence-electron chi connectivity index (χ2n) is 11.6. The minimum absolute atomic E-state index is 0.0256. The summed E-state index contributed by atoms with van der Waals surface area (Å²) in [7, 11) is -1.18. The van der Waals surface area contributed by atoms with Crippen molar-refractivity contribution in [2.75, 3.05) is 37.1 Å². The van der Waals surface area contributed by atoms with Crippen LogP contribution in [-0.4, -0.2) is 70.6 Å². The van der Waals surface area contributed by atoms with Crippen molar-refractivity contribution in [2.45, 2.75) is 38.1 Å². The lowest BCUT2D eigenvalue weighted by Gasteiger charge is -2.29. The highest BCUT2D eigenvalue weighted by molar-refractivity contribution is 6.76. The molecule has 43 heavy (non-hydrogen) atoms. The third-order valence-electron chi connectivity index (χ3n) is 7.11. The van der Waals surface area contributed by atoms with E-state index in [9.17, 15) is 9.90 Å². The maximum absolute atomic E-state index is 13.1. The third kappa shape index (κ3) is 7.52. The molecule has 0 bridgehead atoms. The van der Waals surface area contributed by atoms with Gasteiger partial charge in [-0.3, -0.25) is 4.79 Å². The maximum Gasteiger partial charge on any atom is 0.263 e. The highest BCUT2D eigenvalue weighted by Gasteiger charge is 2.25. The summed E-state index contributed by atoms with van der Waals surface area (Å²) < 4.78 is 11.2. The molecule has 2 aromatic carbocycles. The number of carbonyl (C=O) groups is 1. The summed E-state index contributed by atoms with van der Waals surface area (Å²) in [6.07, 6.45) is 3.79. The Hall–Kier alpha value is -4.39. The lowest BCUT2D eigenvalue weighted by Crippen LogP contribution is -2.39. The molecule has 0 saturated carbocycles. The quantitative estimate of drug-likeness (QED) is 0.136. The van der Waals surface area contributed by atoms with Crippen LogP contribution in [0, 0.1) is 0 Å². The van der Waals surface area contributed by atoms with Gasteiger partial charge in [0.05, 0.1) is 12.6 Å². The molecule has 5 rings (SSSR count). The second kappa shape index (κ2) is 13.3. The number of ether oxygens (including phenoxy) is 1. The average molecular weight is 600 g/mol. The van der Waals surface area contributed by atoms with Gasteiger partial charge in [0, 0.05) is 38.7 Å². The van der Waals surface area contributed by atoms with Gasteiger partial charge in [-0.15, -0.1) is 0 Å². The Kier molecular flexibility index (Phi) is 9.29. The van der Waals surface area contributed by atoms with Crippen LogP contribution in [-0.2, 0) is 11.2 Å². The monoisotopic (exact) mass is 599 g/mol. The average Bonchev–Trinajstić information content (AvgIpc) is 3.48. The van der Waals surface area contributed by atoms with Gasteiger partial charge in [-0.2, -0.15) is 9.97 Å². The number of nitrogens with one attached hydrogen (secondary N) is 2. The molecule has 0 spiro atoms. The topological polar surface area (TPSA) is 139 Å². The van der Waals surface area contributed by atoms with Crippen molar-refractivity contribution in [3.05, 3.63) is 83.8 Å². The van der Waals surface area contributed by atoms with Crippen LogP contribution in [0.1, 0.15) is 33.4 Å². The summed E-state index contributed by atoms with van der Waals surface area (Å²) in [6, 6.07) is 15.8. The van der Waals surface area contributed by atoms with E-state index in [0.717, 1.165) is 29.3 Å². The van der Waals surface area contributed by atoms with Crippen LogP contribution in [0.4, 0.5) is 17.5 Å². The first-order valence-electron chi connectivity index (χ1n) is 14.3. The van der Waals surface area contributed by atoms with Crippen molar-refractivity contribution in [2.24, 2.45) is 0 Å². The molecule has 1 amide bonds. The minimum atomic E-state index is -1.18. The Morgan fingerprint density at radius 3 is 2.70 bits per heavy atom. The van der Waals surface area contributed by atoms with E-state index in [2.05, 4.69) is 52.0 Å². The van der Waals surface area contributed by atoms with Crippen LogP contribution >= 0.6 is 0 Å². The number of amides is 1. The Labute approximate surface area is 252 Å². The van der Waals surface area contributed by atoms with Crippen LogP contribution in [0.25, 0.3) is 17.5 Å². The van der Waals surface area contributed by atoms with Crippen molar-refractivity contribution in [3.8, 4) is 11.5 Å². The fourth-order valence-electron chi connectivity index (χ4n) is 4.64. The van der Waals surface area contributed by atoms with E-state index in [0.29, 0.717) is 48.6 Å². The third-order valence-corrected chi connectivity index (χ3v) is 8.82. The van der Waals surface area contributed by atoms with Crippen LogP contribution in [0.15, 0.2) is 65.8 Å². The summed E-state index contributed by atoms with van der Waals surface area (Å²) >= 11 is 0. The molecule has 3 heterocycles. The van der Waals surface area contributed by atoms with Gasteiger partial charge in [-0.1, -0.05) is 61.7 Å². The van der Waals surface area contributed by atoms with Crippen molar-refractivity contribution in [3.63, 3.8) is 0 Å². The summed E-state index contributed by atoms with van der Waals surface area (Å²) in [5.74, 6) is 1.25. The number of benzene rings is 2. The van der Waals surface area contributed by atoms with Gasteiger partial charge >= 0.3 is 0 Å². The molecule has 0 radical (unpaired) electrons. The number of anilines is 3. The molecule has 12 heteroatoms. The Balaban J connectivity index is 1.34. The van der Waals surface area contributed by atoms with Gasteiger partial charge in [-0.05, 0) is 47.9 Å². The van der Waals surface area contributed by atoms with Gasteiger partial charge in [0.25, 0.3) is 11.8 Å². The molecule has 224 valence electrons. The highest BCUT2D eigenvalue weighted by Crippen LogP contribution is 2.30. The number of aliphatic hydroxyl groups excluding tert-OH is 1. The normalized spacial score (nSPS) is 13.9. The number of aliphatic hydroxyl groups is 1. The predicted molar refractivity (Wildman–Crippen MR) is 169 cm³/mol. The Bertz CT molecular complexity index is 1570. The molecular formula is C31H37N7O4Si. The number of fused-ring (bicyclic) bond motifs is 1. The molecule has 1 aliphatic rings. The fraction of sp³-hybridized carbons (Fsp3) is 0.323. The van der Waals surface area contributed by atoms with Crippen LogP contribution in [0.2, 0.25) is 25.7 Å². The van der Waals surface area contributed by atoms with E-state index in [1.54, 1.807) is 11.1 Å². The number of hydrogen-bond donors (Lipinski definition) is 3. The van der Waals surface area contributed by atoms with Gasteiger partial charge in [-0.25, -0.2) is 4.98 Å². The van der Waals surface area contributed by atoms with Crippen molar-refractivity contribution >= 4 is 37.5 Å². The van der Waals surface area contributed by atoms with Crippen LogP contribution < -0.4 is 10.6 Å². The van der Waals surface area contributed by atoms with E-state index < -0.39 is 14.1 Å². The van der Waals surface area contributed by atoms with Crippen molar-refractivity contribution < 1.29 is 19.2 Å². The first kappa shape index (κ1) is 30.1. The zero-order valence-electron chi connectivity index (χ0n) is 24.7. The summed E-state index contributed by atoms with van der Waals surface area (Å²) in [5, 5.41) is 20.6. The van der Waals surface area contributed by atoms with E-state index in [4.69, 9.17) is 14.2 Å². The summed E-state index contributed by atoms with van der Waals surface area (Å²) in [5.41, 5.74) is 3.74. The molecular weight excluding hydrogens is 562 g/mol. The van der Waals surface area contributed by atoms with Gasteiger partial charge in [0.1, 0.15) is 18.1 Å². The highest BCUT2D eigenvalue weighted by atomic mass is 28.3. The van der Waals surface area contributed by atoms with Gasteiger partial charge in [0.15, 0.2) is 5.82 Å². The zero-order chi connectivity index (χ0) is 30.4. The van der Waals surface area contributed by atoms with Crippen LogP contribution in [0.5, 0.6) is 0 Å². The van der Waals surface area contributed by atoms with Gasteiger partial charge < -0.3 is 29.9 Å². The minimum Gasteiger partial charge on any atom is -0.394 e.